The molecule has 3 nitrogen and oxygen atoms in total. The number of hydrogen-bond acceptors (Lipinski definition) is 3. The third-order valence-electron chi connectivity index (χ3n) is 4.45. The van der Waals surface area contributed by atoms with Crippen LogP contribution in [-0.2, 0) is 13.0 Å². The molecule has 0 heterocycles. The van der Waals surface area contributed by atoms with E-state index in [9.17, 15) is 0 Å². The Morgan fingerprint density at radius 2 is 1.12 bits per heavy atom. The standard InChI is InChI=1S/C20H42O3Si2/c1-9-13-15-17-19(5)21-24(7,11-3)23-25(8,12-4)22-20(6)18-16-14-10-2/h11-12,19-20H,3-4,9-10,13-18H2,1-2,5-8H3. The molecule has 0 saturated carbocycles. The molecule has 0 aromatic carbocycles. The van der Waals surface area contributed by atoms with Crippen molar-refractivity contribution in [1.82, 2.24) is 0 Å². The number of rotatable bonds is 16. The zero-order valence-corrected chi connectivity index (χ0v) is 19.6. The summed E-state index contributed by atoms with van der Waals surface area (Å²) in [6.07, 6.45) is 9.84. The van der Waals surface area contributed by atoms with Crippen molar-refractivity contribution in [3.05, 3.63) is 24.6 Å². The molecule has 0 spiro atoms. The highest BCUT2D eigenvalue weighted by Gasteiger charge is 2.41. The molecular formula is C20H42O3Si2. The fourth-order valence-corrected chi connectivity index (χ4v) is 9.21. The van der Waals surface area contributed by atoms with E-state index in [1.54, 1.807) is 0 Å². The monoisotopic (exact) mass is 386 g/mol. The van der Waals surface area contributed by atoms with Gasteiger partial charge < -0.3 is 13.0 Å². The minimum absolute atomic E-state index is 0.186. The minimum atomic E-state index is -2.48. The van der Waals surface area contributed by atoms with Crippen molar-refractivity contribution in [3.8, 4) is 0 Å². The predicted octanol–water partition coefficient (Wildman–Crippen LogP) is 6.57. The van der Waals surface area contributed by atoms with Gasteiger partial charge in [0.15, 0.2) is 0 Å². The summed E-state index contributed by atoms with van der Waals surface area (Å²) in [4.78, 5) is 0. The van der Waals surface area contributed by atoms with Crippen LogP contribution in [0.5, 0.6) is 0 Å². The Morgan fingerprint density at radius 1 is 0.760 bits per heavy atom. The lowest BCUT2D eigenvalue weighted by Gasteiger charge is -2.36. The second-order valence-corrected chi connectivity index (χ2v) is 13.6. The second kappa shape index (κ2) is 13.0. The molecule has 5 heteroatoms. The Labute approximate surface area is 159 Å². The Balaban J connectivity index is 4.72. The minimum Gasteiger partial charge on any atom is -0.409 e. The van der Waals surface area contributed by atoms with Gasteiger partial charge in [0.2, 0.25) is 0 Å². The molecule has 0 aliphatic carbocycles. The van der Waals surface area contributed by atoms with Crippen molar-refractivity contribution in [2.45, 2.75) is 104 Å². The van der Waals surface area contributed by atoms with Gasteiger partial charge in [-0.1, -0.05) is 63.8 Å². The fraction of sp³-hybridized carbons (Fsp3) is 0.800. The van der Waals surface area contributed by atoms with Crippen LogP contribution < -0.4 is 0 Å². The lowest BCUT2D eigenvalue weighted by atomic mass is 10.1. The Kier molecular flexibility index (Phi) is 12.9. The third-order valence-corrected chi connectivity index (χ3v) is 10.9. The van der Waals surface area contributed by atoms with E-state index in [1.807, 2.05) is 11.4 Å². The van der Waals surface area contributed by atoms with Crippen molar-refractivity contribution in [1.29, 1.82) is 0 Å². The molecule has 0 rings (SSSR count). The molecule has 0 aromatic rings. The zero-order chi connectivity index (χ0) is 19.3. The SMILES string of the molecule is C=C[Si](C)(OC(C)CCCCC)O[Si](C)(C=C)OC(C)CCCCC. The molecule has 0 radical (unpaired) electrons. The van der Waals surface area contributed by atoms with Gasteiger partial charge in [-0.05, 0) is 39.8 Å². The lowest BCUT2D eigenvalue weighted by molar-refractivity contribution is 0.127. The molecule has 148 valence electrons. The van der Waals surface area contributed by atoms with Crippen LogP contribution in [0.4, 0.5) is 0 Å². The van der Waals surface area contributed by atoms with Gasteiger partial charge in [0.05, 0.1) is 0 Å². The van der Waals surface area contributed by atoms with Crippen LogP contribution in [0.3, 0.4) is 0 Å². The van der Waals surface area contributed by atoms with Gasteiger partial charge >= 0.3 is 17.1 Å². The first kappa shape index (κ1) is 24.8. The third kappa shape index (κ3) is 11.2. The smallest absolute Gasteiger partial charge is 0.352 e. The fourth-order valence-electron chi connectivity index (χ4n) is 2.91. The quantitative estimate of drug-likeness (QED) is 0.222. The normalized spacial score (nSPS) is 18.8. The summed E-state index contributed by atoms with van der Waals surface area (Å²) in [5.74, 6) is 0. The van der Waals surface area contributed by atoms with Gasteiger partial charge in [0.25, 0.3) is 0 Å². The molecule has 0 saturated heterocycles. The molecule has 0 N–H and O–H groups in total. The molecule has 0 aliphatic rings. The van der Waals surface area contributed by atoms with Gasteiger partial charge in [-0.25, -0.2) is 0 Å². The summed E-state index contributed by atoms with van der Waals surface area (Å²) in [6.45, 7) is 20.8. The van der Waals surface area contributed by atoms with E-state index in [4.69, 9.17) is 13.0 Å². The van der Waals surface area contributed by atoms with Crippen LogP contribution in [0.25, 0.3) is 0 Å². The van der Waals surface area contributed by atoms with Crippen LogP contribution in [0.1, 0.15) is 79.1 Å². The average molecular weight is 387 g/mol. The van der Waals surface area contributed by atoms with Crippen molar-refractivity contribution in [2.75, 3.05) is 0 Å². The molecular weight excluding hydrogens is 344 g/mol. The van der Waals surface area contributed by atoms with E-state index in [1.165, 1.54) is 38.5 Å². The Bertz CT molecular complexity index is 344. The first-order chi connectivity index (χ1) is 11.7. The topological polar surface area (TPSA) is 27.7 Å². The summed E-state index contributed by atoms with van der Waals surface area (Å²) >= 11 is 0. The maximum Gasteiger partial charge on any atom is 0.352 e. The lowest BCUT2D eigenvalue weighted by Crippen LogP contribution is -2.52. The summed E-state index contributed by atoms with van der Waals surface area (Å²) in [7, 11) is -4.96. The molecule has 0 aromatic heterocycles. The second-order valence-electron chi connectivity index (χ2n) is 7.39. The van der Waals surface area contributed by atoms with Crippen molar-refractivity contribution in [3.63, 3.8) is 0 Å². The highest BCUT2D eigenvalue weighted by Crippen LogP contribution is 2.24. The van der Waals surface area contributed by atoms with Gasteiger partial charge in [0, 0.05) is 12.2 Å². The molecule has 0 bridgehead atoms. The first-order valence-electron chi connectivity index (χ1n) is 10.1. The van der Waals surface area contributed by atoms with Crippen LogP contribution in [-0.4, -0.2) is 29.3 Å². The maximum atomic E-state index is 6.48. The van der Waals surface area contributed by atoms with E-state index in [-0.39, 0.29) is 12.2 Å². The van der Waals surface area contributed by atoms with Gasteiger partial charge in [-0.2, -0.15) is 0 Å². The zero-order valence-electron chi connectivity index (χ0n) is 17.6. The summed E-state index contributed by atoms with van der Waals surface area (Å²) in [6, 6.07) is 0. The van der Waals surface area contributed by atoms with Gasteiger partial charge in [-0.15, -0.1) is 13.2 Å². The average Bonchev–Trinajstić information content (AvgIpc) is 2.55. The molecule has 4 unspecified atom stereocenters. The van der Waals surface area contributed by atoms with Crippen LogP contribution >= 0.6 is 0 Å². The Morgan fingerprint density at radius 3 is 1.40 bits per heavy atom. The Hall–Kier alpha value is -0.206. The first-order valence-corrected chi connectivity index (χ1v) is 14.9. The van der Waals surface area contributed by atoms with E-state index in [2.05, 4.69) is 53.9 Å². The van der Waals surface area contributed by atoms with Crippen LogP contribution in [0.2, 0.25) is 13.1 Å². The molecule has 25 heavy (non-hydrogen) atoms. The van der Waals surface area contributed by atoms with Crippen molar-refractivity contribution >= 4 is 17.1 Å². The van der Waals surface area contributed by atoms with E-state index >= 15 is 0 Å². The molecule has 0 fully saturated rings. The highest BCUT2D eigenvalue weighted by atomic mass is 28.5. The number of unbranched alkanes of at least 4 members (excludes halogenated alkanes) is 4. The maximum absolute atomic E-state index is 6.48. The largest absolute Gasteiger partial charge is 0.409 e. The van der Waals surface area contributed by atoms with E-state index < -0.39 is 17.1 Å². The highest BCUT2D eigenvalue weighted by molar-refractivity contribution is 6.84. The van der Waals surface area contributed by atoms with Crippen LogP contribution in [0.15, 0.2) is 24.6 Å². The van der Waals surface area contributed by atoms with Crippen molar-refractivity contribution in [2.24, 2.45) is 0 Å². The predicted molar refractivity (Wildman–Crippen MR) is 114 cm³/mol. The van der Waals surface area contributed by atoms with E-state index in [0.29, 0.717) is 0 Å². The molecule has 0 amide bonds. The van der Waals surface area contributed by atoms with Gasteiger partial charge in [-0.3, -0.25) is 0 Å². The summed E-state index contributed by atoms with van der Waals surface area (Å²) in [5.41, 5.74) is 3.76. The summed E-state index contributed by atoms with van der Waals surface area (Å²) < 4.78 is 19.1. The molecule has 4 atom stereocenters. The van der Waals surface area contributed by atoms with Gasteiger partial charge in [0.1, 0.15) is 0 Å². The van der Waals surface area contributed by atoms with E-state index in [0.717, 1.165) is 12.8 Å². The summed E-state index contributed by atoms with van der Waals surface area (Å²) in [5, 5.41) is 0. The number of hydrogen-bond donors (Lipinski definition) is 0. The molecule has 0 aliphatic heterocycles. The van der Waals surface area contributed by atoms with Crippen molar-refractivity contribution < 1.29 is 13.0 Å². The van der Waals surface area contributed by atoms with Crippen LogP contribution in [0, 0.1) is 0 Å².